The highest BCUT2D eigenvalue weighted by Gasteiger charge is 2.46. The van der Waals surface area contributed by atoms with E-state index in [0.29, 0.717) is 39.9 Å². The average molecular weight is 450 g/mol. The van der Waals surface area contributed by atoms with Crippen LogP contribution in [0.1, 0.15) is 38.5 Å². The molecule has 0 radical (unpaired) electrons. The maximum absolute atomic E-state index is 15.4. The molecule has 3 fully saturated rings. The van der Waals surface area contributed by atoms with Gasteiger partial charge in [-0.1, -0.05) is 6.42 Å². The molecule has 0 spiro atoms. The van der Waals surface area contributed by atoms with Gasteiger partial charge in [-0.2, -0.15) is 0 Å². The number of anilines is 1. The van der Waals surface area contributed by atoms with Gasteiger partial charge >= 0.3 is 0 Å². The van der Waals surface area contributed by atoms with Crippen LogP contribution < -0.4 is 15.8 Å². The van der Waals surface area contributed by atoms with Gasteiger partial charge in [-0.25, -0.2) is 4.39 Å². The number of alkyl halides is 1. The molecular weight excluding hydrogens is 421 g/mol. The van der Waals surface area contributed by atoms with E-state index in [9.17, 15) is 9.90 Å². The van der Waals surface area contributed by atoms with Gasteiger partial charge in [-0.3, -0.25) is 4.79 Å². The maximum atomic E-state index is 15.4. The summed E-state index contributed by atoms with van der Waals surface area (Å²) in [4.78, 5) is 14.7. The first-order valence-corrected chi connectivity index (χ1v) is 11.8. The Morgan fingerprint density at radius 1 is 1.15 bits per heavy atom. The second-order valence-corrected chi connectivity index (χ2v) is 9.75. The summed E-state index contributed by atoms with van der Waals surface area (Å²) in [6.07, 6.45) is 6.70. The molecule has 1 saturated carbocycles. The molecule has 4 heterocycles. The summed E-state index contributed by atoms with van der Waals surface area (Å²) in [6.45, 7) is 0. The standard InChI is InChI=1S/C25H28FN5O2/c1-30-10-9-14-11-22(32)18(13-17(14)25(30)33)19-7-8-23(29-28-19)31(16-5-6-16)21-12-15-3-2-4-20(27-15)24(21)26/h7-11,13,15-16,20-21,24,27,32H,2-6,12H2,1H3/t15-,20+,21?,24?/m1/s1. The summed E-state index contributed by atoms with van der Waals surface area (Å²) in [5, 5.41) is 24.1. The molecular formula is C25H28FN5O2. The molecule has 33 heavy (non-hydrogen) atoms. The van der Waals surface area contributed by atoms with E-state index in [1.165, 1.54) is 4.57 Å². The normalized spacial score (nSPS) is 27.0. The summed E-state index contributed by atoms with van der Waals surface area (Å²) in [5.41, 5.74) is 0.810. The predicted octanol–water partition coefficient (Wildman–Crippen LogP) is 3.29. The van der Waals surface area contributed by atoms with Crippen LogP contribution in [0.15, 0.2) is 41.3 Å². The summed E-state index contributed by atoms with van der Waals surface area (Å²) in [6, 6.07) is 9.14. The van der Waals surface area contributed by atoms with E-state index < -0.39 is 6.17 Å². The number of aromatic nitrogens is 3. The number of piperidine rings is 2. The van der Waals surface area contributed by atoms with Crippen LogP contribution in [-0.2, 0) is 7.05 Å². The third-order valence-electron chi connectivity index (χ3n) is 7.48. The minimum Gasteiger partial charge on any atom is -0.507 e. The molecule has 1 aliphatic carbocycles. The third kappa shape index (κ3) is 3.57. The van der Waals surface area contributed by atoms with Crippen molar-refractivity contribution in [2.24, 2.45) is 7.05 Å². The van der Waals surface area contributed by atoms with Crippen LogP contribution in [0.25, 0.3) is 22.0 Å². The summed E-state index contributed by atoms with van der Waals surface area (Å²) in [5.74, 6) is 0.733. The smallest absolute Gasteiger partial charge is 0.258 e. The number of aromatic hydroxyl groups is 1. The number of fused-ring (bicyclic) bond motifs is 3. The molecule has 0 amide bonds. The van der Waals surface area contributed by atoms with Crippen molar-refractivity contribution in [2.45, 2.75) is 68.9 Å². The monoisotopic (exact) mass is 449 g/mol. The second-order valence-electron chi connectivity index (χ2n) is 9.75. The van der Waals surface area contributed by atoms with E-state index in [4.69, 9.17) is 0 Å². The largest absolute Gasteiger partial charge is 0.507 e. The molecule has 2 aromatic heterocycles. The molecule has 2 unspecified atom stereocenters. The lowest BCUT2D eigenvalue weighted by atomic mass is 9.82. The first-order chi connectivity index (χ1) is 16.0. The Kier molecular flexibility index (Phi) is 4.87. The SMILES string of the molecule is Cn1ccc2cc(O)c(-c3ccc(N(C4CC4)C4C[C@H]5CCC[C@H](N5)C4F)nn3)cc2c1=O. The summed E-state index contributed by atoms with van der Waals surface area (Å²) < 4.78 is 17.0. The number of phenolic OH excluding ortho intramolecular Hbond substituents is 1. The van der Waals surface area contributed by atoms with Gasteiger partial charge < -0.3 is 19.9 Å². The lowest BCUT2D eigenvalue weighted by Gasteiger charge is -2.47. The van der Waals surface area contributed by atoms with Crippen LogP contribution in [0.3, 0.4) is 0 Å². The van der Waals surface area contributed by atoms with Crippen molar-refractivity contribution in [3.63, 3.8) is 0 Å². The number of benzene rings is 1. The van der Waals surface area contributed by atoms with Gasteiger partial charge in [0.15, 0.2) is 5.82 Å². The Morgan fingerprint density at radius 2 is 2.00 bits per heavy atom. The van der Waals surface area contributed by atoms with E-state index in [-0.39, 0.29) is 23.4 Å². The van der Waals surface area contributed by atoms with Crippen molar-refractivity contribution in [2.75, 3.05) is 4.90 Å². The van der Waals surface area contributed by atoms with Gasteiger partial charge in [0.2, 0.25) is 0 Å². The average Bonchev–Trinajstić information content (AvgIpc) is 3.66. The van der Waals surface area contributed by atoms with Gasteiger partial charge in [0.25, 0.3) is 5.56 Å². The van der Waals surface area contributed by atoms with Gasteiger partial charge in [0.05, 0.1) is 11.7 Å². The van der Waals surface area contributed by atoms with Crippen LogP contribution in [0.5, 0.6) is 5.75 Å². The van der Waals surface area contributed by atoms with E-state index in [0.717, 1.165) is 38.5 Å². The zero-order valence-electron chi connectivity index (χ0n) is 18.6. The molecule has 172 valence electrons. The number of hydrogen-bond donors (Lipinski definition) is 2. The highest BCUT2D eigenvalue weighted by molar-refractivity contribution is 5.89. The number of pyridine rings is 1. The number of nitrogens with zero attached hydrogens (tertiary/aromatic N) is 4. The molecule has 6 rings (SSSR count). The van der Waals surface area contributed by atoms with Gasteiger partial charge in [-0.05, 0) is 67.8 Å². The van der Waals surface area contributed by atoms with Crippen LogP contribution in [0.4, 0.5) is 10.2 Å². The summed E-state index contributed by atoms with van der Waals surface area (Å²) >= 11 is 0. The van der Waals surface area contributed by atoms with Crippen LogP contribution >= 0.6 is 0 Å². The molecule has 2 aliphatic heterocycles. The predicted molar refractivity (Wildman–Crippen MR) is 125 cm³/mol. The van der Waals surface area contributed by atoms with E-state index in [1.54, 1.807) is 37.5 Å². The fourth-order valence-electron chi connectivity index (χ4n) is 5.62. The third-order valence-corrected chi connectivity index (χ3v) is 7.48. The summed E-state index contributed by atoms with van der Waals surface area (Å²) in [7, 11) is 1.70. The Balaban J connectivity index is 1.34. The van der Waals surface area contributed by atoms with Crippen LogP contribution in [0.2, 0.25) is 0 Å². The number of halogens is 1. The minimum absolute atomic E-state index is 0.0480. The lowest BCUT2D eigenvalue weighted by Crippen LogP contribution is -2.62. The lowest BCUT2D eigenvalue weighted by molar-refractivity contribution is 0.104. The number of nitrogens with one attached hydrogen (secondary N) is 1. The van der Waals surface area contributed by atoms with Gasteiger partial charge in [0.1, 0.15) is 11.9 Å². The minimum atomic E-state index is -0.927. The molecule has 8 heteroatoms. The van der Waals surface area contributed by atoms with Crippen molar-refractivity contribution >= 4 is 16.6 Å². The van der Waals surface area contributed by atoms with Crippen molar-refractivity contribution in [3.05, 3.63) is 46.9 Å². The fourth-order valence-corrected chi connectivity index (χ4v) is 5.62. The molecule has 2 saturated heterocycles. The Bertz CT molecular complexity index is 1260. The highest BCUT2D eigenvalue weighted by Crippen LogP contribution is 2.40. The maximum Gasteiger partial charge on any atom is 0.258 e. The van der Waals surface area contributed by atoms with Crippen molar-refractivity contribution in [1.82, 2.24) is 20.1 Å². The first kappa shape index (κ1) is 20.6. The number of rotatable bonds is 4. The molecule has 2 bridgehead atoms. The number of aryl methyl sites for hydroxylation is 1. The molecule has 1 aromatic carbocycles. The topological polar surface area (TPSA) is 83.3 Å². The van der Waals surface area contributed by atoms with Crippen LogP contribution in [-0.4, -0.2) is 50.2 Å². The van der Waals surface area contributed by atoms with E-state index in [2.05, 4.69) is 20.4 Å². The zero-order valence-corrected chi connectivity index (χ0v) is 18.6. The van der Waals surface area contributed by atoms with Crippen molar-refractivity contribution in [3.8, 4) is 17.0 Å². The zero-order chi connectivity index (χ0) is 22.7. The van der Waals surface area contributed by atoms with Crippen LogP contribution in [0, 0.1) is 0 Å². The molecule has 3 aliphatic rings. The molecule has 4 atom stereocenters. The number of phenols is 1. The molecule has 7 nitrogen and oxygen atoms in total. The van der Waals surface area contributed by atoms with Gasteiger partial charge in [0, 0.05) is 42.3 Å². The van der Waals surface area contributed by atoms with E-state index in [1.807, 2.05) is 6.07 Å². The van der Waals surface area contributed by atoms with E-state index >= 15 is 4.39 Å². The van der Waals surface area contributed by atoms with Gasteiger partial charge in [-0.15, -0.1) is 10.2 Å². The van der Waals surface area contributed by atoms with Crippen molar-refractivity contribution < 1.29 is 9.50 Å². The molecule has 3 aromatic rings. The highest BCUT2D eigenvalue weighted by atomic mass is 19.1. The number of hydrogen-bond acceptors (Lipinski definition) is 6. The quantitative estimate of drug-likeness (QED) is 0.636. The Morgan fingerprint density at radius 3 is 2.76 bits per heavy atom. The molecule has 2 N–H and O–H groups in total. The Labute approximate surface area is 191 Å². The van der Waals surface area contributed by atoms with Crippen molar-refractivity contribution in [1.29, 1.82) is 0 Å². The Hall–Kier alpha value is -3.00. The first-order valence-electron chi connectivity index (χ1n) is 11.8. The fraction of sp³-hybridized carbons (Fsp3) is 0.480. The second kappa shape index (κ2) is 7.80.